The van der Waals surface area contributed by atoms with Gasteiger partial charge in [-0.25, -0.2) is 9.97 Å². The second-order valence-corrected chi connectivity index (χ2v) is 5.07. The van der Waals surface area contributed by atoms with Crippen LogP contribution in [0.25, 0.3) is 0 Å². The van der Waals surface area contributed by atoms with Gasteiger partial charge in [-0.05, 0) is 18.2 Å². The number of halogens is 1. The van der Waals surface area contributed by atoms with Gasteiger partial charge in [0.1, 0.15) is 29.7 Å². The van der Waals surface area contributed by atoms with Crippen LogP contribution in [0.15, 0.2) is 40.5 Å². The van der Waals surface area contributed by atoms with Crippen LogP contribution < -0.4 is 9.47 Å². The maximum absolute atomic E-state index is 5.82. The molecule has 0 atom stereocenters. The highest BCUT2D eigenvalue weighted by molar-refractivity contribution is 7.99. The topological polar surface area (TPSA) is 44.2 Å². The number of ether oxygens (including phenoxy) is 2. The standard InChI is InChI=1S/C12H9ClN2O2S/c13-11-6-12(15-7-14-11)18-8-1-2-9-10(5-8)17-4-3-16-9/h1-2,5-7H,3-4H2. The van der Waals surface area contributed by atoms with E-state index in [1.165, 1.54) is 18.1 Å². The summed E-state index contributed by atoms with van der Waals surface area (Å²) in [6, 6.07) is 7.53. The minimum absolute atomic E-state index is 0.435. The number of fused-ring (bicyclic) bond motifs is 1. The smallest absolute Gasteiger partial charge is 0.162 e. The highest BCUT2D eigenvalue weighted by atomic mass is 35.5. The Morgan fingerprint density at radius 3 is 2.72 bits per heavy atom. The molecule has 0 saturated carbocycles. The first-order valence-corrected chi connectivity index (χ1v) is 6.56. The third-order valence-corrected chi connectivity index (χ3v) is 3.47. The van der Waals surface area contributed by atoms with E-state index >= 15 is 0 Å². The number of aromatic nitrogens is 2. The van der Waals surface area contributed by atoms with Crippen molar-refractivity contribution in [3.8, 4) is 11.5 Å². The van der Waals surface area contributed by atoms with Gasteiger partial charge < -0.3 is 9.47 Å². The van der Waals surface area contributed by atoms with Crippen molar-refractivity contribution in [3.05, 3.63) is 35.7 Å². The summed E-state index contributed by atoms with van der Waals surface area (Å²) in [5, 5.41) is 1.23. The minimum atomic E-state index is 0.435. The fourth-order valence-corrected chi connectivity index (χ4v) is 2.61. The van der Waals surface area contributed by atoms with Crippen LogP contribution in [0, 0.1) is 0 Å². The van der Waals surface area contributed by atoms with E-state index in [0.717, 1.165) is 21.4 Å². The quantitative estimate of drug-likeness (QED) is 0.791. The van der Waals surface area contributed by atoms with E-state index in [1.807, 2.05) is 18.2 Å². The Hall–Kier alpha value is -1.46. The largest absolute Gasteiger partial charge is 0.486 e. The molecule has 6 heteroatoms. The van der Waals surface area contributed by atoms with E-state index in [2.05, 4.69) is 9.97 Å². The Balaban J connectivity index is 1.85. The van der Waals surface area contributed by atoms with Crippen LogP contribution >= 0.6 is 23.4 Å². The van der Waals surface area contributed by atoms with E-state index < -0.39 is 0 Å². The number of rotatable bonds is 2. The van der Waals surface area contributed by atoms with Crippen LogP contribution in [0.5, 0.6) is 11.5 Å². The predicted molar refractivity (Wildman–Crippen MR) is 68.6 cm³/mol. The monoisotopic (exact) mass is 280 g/mol. The van der Waals surface area contributed by atoms with E-state index in [4.69, 9.17) is 21.1 Å². The summed E-state index contributed by atoms with van der Waals surface area (Å²) in [6.45, 7) is 1.18. The lowest BCUT2D eigenvalue weighted by atomic mass is 10.3. The molecule has 2 heterocycles. The first-order chi connectivity index (χ1) is 8.81. The summed E-state index contributed by atoms with van der Waals surface area (Å²) in [4.78, 5) is 9.01. The Morgan fingerprint density at radius 2 is 1.89 bits per heavy atom. The van der Waals surface area contributed by atoms with Crippen molar-refractivity contribution in [3.63, 3.8) is 0 Å². The summed E-state index contributed by atoms with van der Waals surface area (Å²) in [6.07, 6.45) is 1.45. The second-order valence-electron chi connectivity index (χ2n) is 3.59. The number of nitrogens with zero attached hydrogens (tertiary/aromatic N) is 2. The highest BCUT2D eigenvalue weighted by Gasteiger charge is 2.12. The molecule has 0 spiro atoms. The summed E-state index contributed by atoms with van der Waals surface area (Å²) in [5.41, 5.74) is 0. The zero-order valence-electron chi connectivity index (χ0n) is 9.30. The predicted octanol–water partition coefficient (Wildman–Crippen LogP) is 3.05. The molecular formula is C12H9ClN2O2S. The van der Waals surface area contributed by atoms with Gasteiger partial charge in [0.15, 0.2) is 11.5 Å². The van der Waals surface area contributed by atoms with Crippen LogP contribution in [0.4, 0.5) is 0 Å². The maximum Gasteiger partial charge on any atom is 0.162 e. The lowest BCUT2D eigenvalue weighted by molar-refractivity contribution is 0.171. The lowest BCUT2D eigenvalue weighted by Gasteiger charge is -2.18. The van der Waals surface area contributed by atoms with Gasteiger partial charge in [-0.2, -0.15) is 0 Å². The summed E-state index contributed by atoms with van der Waals surface area (Å²) < 4.78 is 11.0. The van der Waals surface area contributed by atoms with E-state index in [-0.39, 0.29) is 0 Å². The van der Waals surface area contributed by atoms with Gasteiger partial charge in [-0.3, -0.25) is 0 Å². The zero-order chi connectivity index (χ0) is 12.4. The van der Waals surface area contributed by atoms with E-state index in [0.29, 0.717) is 18.4 Å². The third kappa shape index (κ3) is 2.52. The molecule has 0 aliphatic carbocycles. The molecule has 0 amide bonds. The Labute approximate surface area is 113 Å². The average molecular weight is 281 g/mol. The molecule has 1 aromatic heterocycles. The molecule has 0 saturated heterocycles. The molecule has 1 aliphatic rings. The van der Waals surface area contributed by atoms with Crippen molar-refractivity contribution < 1.29 is 9.47 Å². The molecule has 3 rings (SSSR count). The summed E-state index contributed by atoms with van der Waals surface area (Å²) >= 11 is 7.32. The average Bonchev–Trinajstić information content (AvgIpc) is 2.39. The van der Waals surface area contributed by atoms with Crippen LogP contribution in [-0.2, 0) is 0 Å². The lowest BCUT2D eigenvalue weighted by Crippen LogP contribution is -2.15. The highest BCUT2D eigenvalue weighted by Crippen LogP contribution is 2.36. The molecule has 0 radical (unpaired) electrons. The SMILES string of the molecule is Clc1cc(Sc2ccc3c(c2)OCCO3)ncn1. The van der Waals surface area contributed by atoms with Gasteiger partial charge in [0.25, 0.3) is 0 Å². The third-order valence-electron chi connectivity index (χ3n) is 2.34. The molecular weight excluding hydrogens is 272 g/mol. The molecule has 18 heavy (non-hydrogen) atoms. The van der Waals surface area contributed by atoms with Gasteiger partial charge in [0, 0.05) is 11.0 Å². The molecule has 1 aliphatic heterocycles. The Morgan fingerprint density at radius 1 is 1.06 bits per heavy atom. The number of hydrogen-bond acceptors (Lipinski definition) is 5. The van der Waals surface area contributed by atoms with Gasteiger partial charge in [-0.15, -0.1) is 0 Å². The van der Waals surface area contributed by atoms with Crippen molar-refractivity contribution in [2.24, 2.45) is 0 Å². The molecule has 4 nitrogen and oxygen atoms in total. The van der Waals surface area contributed by atoms with Gasteiger partial charge in [0.2, 0.25) is 0 Å². The van der Waals surface area contributed by atoms with Gasteiger partial charge in [-0.1, -0.05) is 23.4 Å². The van der Waals surface area contributed by atoms with Crippen molar-refractivity contribution in [2.75, 3.05) is 13.2 Å². The zero-order valence-corrected chi connectivity index (χ0v) is 10.9. The van der Waals surface area contributed by atoms with Crippen LogP contribution in [0.3, 0.4) is 0 Å². The van der Waals surface area contributed by atoms with Gasteiger partial charge in [0.05, 0.1) is 0 Å². The van der Waals surface area contributed by atoms with Gasteiger partial charge >= 0.3 is 0 Å². The van der Waals surface area contributed by atoms with Crippen molar-refractivity contribution in [2.45, 2.75) is 9.92 Å². The molecule has 92 valence electrons. The fourth-order valence-electron chi connectivity index (χ4n) is 1.58. The first-order valence-electron chi connectivity index (χ1n) is 5.36. The van der Waals surface area contributed by atoms with Crippen molar-refractivity contribution in [1.82, 2.24) is 9.97 Å². The normalized spacial score (nSPS) is 13.4. The summed E-state index contributed by atoms with van der Waals surface area (Å²) in [7, 11) is 0. The molecule has 0 unspecified atom stereocenters. The maximum atomic E-state index is 5.82. The molecule has 2 aromatic rings. The van der Waals surface area contributed by atoms with Crippen molar-refractivity contribution in [1.29, 1.82) is 0 Å². The van der Waals surface area contributed by atoms with Crippen LogP contribution in [0.1, 0.15) is 0 Å². The first kappa shape index (κ1) is 11.6. The Kier molecular flexibility index (Phi) is 3.25. The fraction of sp³-hybridized carbons (Fsp3) is 0.167. The number of benzene rings is 1. The van der Waals surface area contributed by atoms with E-state index in [9.17, 15) is 0 Å². The molecule has 1 aromatic carbocycles. The molecule has 0 N–H and O–H groups in total. The molecule has 0 bridgehead atoms. The van der Waals surface area contributed by atoms with E-state index in [1.54, 1.807) is 6.07 Å². The minimum Gasteiger partial charge on any atom is -0.486 e. The molecule has 0 fully saturated rings. The second kappa shape index (κ2) is 5.04. The van der Waals surface area contributed by atoms with Crippen LogP contribution in [0.2, 0.25) is 5.15 Å². The summed E-state index contributed by atoms with van der Waals surface area (Å²) in [5.74, 6) is 1.55. The number of hydrogen-bond donors (Lipinski definition) is 0. The Bertz CT molecular complexity index is 580. The van der Waals surface area contributed by atoms with Crippen LogP contribution in [-0.4, -0.2) is 23.2 Å². The van der Waals surface area contributed by atoms with Crippen molar-refractivity contribution >= 4 is 23.4 Å².